The van der Waals surface area contributed by atoms with Crippen LogP contribution in [0.15, 0.2) is 54.9 Å². The van der Waals surface area contributed by atoms with Crippen LogP contribution in [-0.2, 0) is 6.42 Å². The Hall–Kier alpha value is -3.48. The van der Waals surface area contributed by atoms with Crippen LogP contribution in [0.4, 0.5) is 0 Å². The van der Waals surface area contributed by atoms with Crippen LogP contribution in [0.2, 0.25) is 0 Å². The van der Waals surface area contributed by atoms with Gasteiger partial charge in [-0.05, 0) is 30.2 Å². The number of rotatable bonds is 8. The highest BCUT2D eigenvalue weighted by atomic mass is 16.5. The Bertz CT molecular complexity index is 922. The van der Waals surface area contributed by atoms with Gasteiger partial charge in [0.1, 0.15) is 5.75 Å². The molecule has 0 fully saturated rings. The molecule has 3 aromatic rings. The van der Waals surface area contributed by atoms with Crippen LogP contribution in [0.3, 0.4) is 0 Å². The van der Waals surface area contributed by atoms with E-state index in [-0.39, 0.29) is 5.91 Å². The third-order valence-corrected chi connectivity index (χ3v) is 4.35. The maximum absolute atomic E-state index is 12.6. The molecular formula is C21H23N3O4. The third kappa shape index (κ3) is 4.25. The van der Waals surface area contributed by atoms with Crippen LogP contribution in [0.5, 0.6) is 17.2 Å². The van der Waals surface area contributed by atoms with E-state index in [2.05, 4.69) is 10.4 Å². The largest absolute Gasteiger partial charge is 0.496 e. The fourth-order valence-corrected chi connectivity index (χ4v) is 2.86. The molecule has 2 aromatic carbocycles. The number of hydrogen-bond acceptors (Lipinski definition) is 5. The van der Waals surface area contributed by atoms with Crippen LogP contribution < -0.4 is 19.5 Å². The number of nitrogens with one attached hydrogen (secondary N) is 1. The summed E-state index contributed by atoms with van der Waals surface area (Å²) in [6.07, 6.45) is 4.35. The highest BCUT2D eigenvalue weighted by molar-refractivity contribution is 5.97. The summed E-state index contributed by atoms with van der Waals surface area (Å²) in [5.41, 5.74) is 2.51. The second-order valence-corrected chi connectivity index (χ2v) is 6.03. The zero-order chi connectivity index (χ0) is 19.9. The number of benzene rings is 2. The average Bonchev–Trinajstić information content (AvgIpc) is 3.28. The number of aromatic nitrogens is 2. The van der Waals surface area contributed by atoms with Gasteiger partial charge in [-0.3, -0.25) is 4.79 Å². The molecule has 0 saturated heterocycles. The molecule has 1 N–H and O–H groups in total. The number of carbonyl (C=O) groups is 1. The van der Waals surface area contributed by atoms with Crippen molar-refractivity contribution in [2.75, 3.05) is 27.9 Å². The van der Waals surface area contributed by atoms with E-state index in [1.807, 2.05) is 36.5 Å². The number of carbonyl (C=O) groups excluding carboxylic acids is 1. The minimum absolute atomic E-state index is 0.231. The molecule has 7 heteroatoms. The summed E-state index contributed by atoms with van der Waals surface area (Å²) in [7, 11) is 4.58. The van der Waals surface area contributed by atoms with Crippen molar-refractivity contribution in [2.24, 2.45) is 0 Å². The number of nitrogens with zero attached hydrogens (tertiary/aromatic N) is 2. The van der Waals surface area contributed by atoms with Crippen molar-refractivity contribution < 1.29 is 19.0 Å². The molecule has 1 heterocycles. The minimum Gasteiger partial charge on any atom is -0.496 e. The lowest BCUT2D eigenvalue weighted by molar-refractivity contribution is 0.0950. The molecule has 146 valence electrons. The molecule has 28 heavy (non-hydrogen) atoms. The van der Waals surface area contributed by atoms with Gasteiger partial charge in [-0.1, -0.05) is 12.1 Å². The molecule has 1 aromatic heterocycles. The smallest absolute Gasteiger partial charge is 0.255 e. The summed E-state index contributed by atoms with van der Waals surface area (Å²) in [4.78, 5) is 12.6. The van der Waals surface area contributed by atoms with Gasteiger partial charge in [0.15, 0.2) is 11.5 Å². The van der Waals surface area contributed by atoms with E-state index < -0.39 is 0 Å². The first kappa shape index (κ1) is 19.3. The molecule has 0 aliphatic carbocycles. The van der Waals surface area contributed by atoms with Gasteiger partial charge in [0.2, 0.25) is 0 Å². The second-order valence-electron chi connectivity index (χ2n) is 6.03. The first-order valence-electron chi connectivity index (χ1n) is 8.83. The zero-order valence-electron chi connectivity index (χ0n) is 16.1. The van der Waals surface area contributed by atoms with E-state index in [9.17, 15) is 4.79 Å². The van der Waals surface area contributed by atoms with Gasteiger partial charge in [-0.25, -0.2) is 4.68 Å². The van der Waals surface area contributed by atoms with Gasteiger partial charge < -0.3 is 19.5 Å². The zero-order valence-corrected chi connectivity index (χ0v) is 16.1. The topological polar surface area (TPSA) is 74.6 Å². The molecule has 0 unspecified atom stereocenters. The molecule has 0 aliphatic heterocycles. The van der Waals surface area contributed by atoms with Crippen LogP contribution >= 0.6 is 0 Å². The molecule has 0 spiro atoms. The standard InChI is InChI=1S/C21H23N3O4/c1-26-18-14-20(28-3)19(27-2)13-17(18)21(25)22-11-9-15-5-7-16(8-6-15)24-12-4-10-23-24/h4-8,10,12-14H,9,11H2,1-3H3,(H,22,25). The first-order valence-corrected chi connectivity index (χ1v) is 8.83. The van der Waals surface area contributed by atoms with E-state index in [1.54, 1.807) is 23.0 Å². The Morgan fingerprint density at radius 2 is 1.68 bits per heavy atom. The molecule has 1 amide bonds. The number of methoxy groups -OCH3 is 3. The summed E-state index contributed by atoms with van der Waals surface area (Å²) in [6.45, 7) is 0.497. The lowest BCUT2D eigenvalue weighted by Crippen LogP contribution is -2.26. The predicted molar refractivity (Wildman–Crippen MR) is 106 cm³/mol. The molecule has 0 saturated carbocycles. The Balaban J connectivity index is 1.62. The van der Waals surface area contributed by atoms with Crippen LogP contribution in [0.1, 0.15) is 15.9 Å². The Morgan fingerprint density at radius 1 is 1.00 bits per heavy atom. The molecule has 0 bridgehead atoms. The van der Waals surface area contributed by atoms with Crippen molar-refractivity contribution in [1.82, 2.24) is 15.1 Å². The maximum Gasteiger partial charge on any atom is 0.255 e. The summed E-state index contributed by atoms with van der Waals surface area (Å²) in [5, 5.41) is 7.13. The van der Waals surface area contributed by atoms with Gasteiger partial charge in [0.05, 0.1) is 32.6 Å². The predicted octanol–water partition coefficient (Wildman–Crippen LogP) is 2.87. The molecule has 3 rings (SSSR count). The van der Waals surface area contributed by atoms with Crippen molar-refractivity contribution in [1.29, 1.82) is 0 Å². The lowest BCUT2D eigenvalue weighted by atomic mass is 10.1. The molecule has 7 nitrogen and oxygen atoms in total. The van der Waals surface area contributed by atoms with Crippen molar-refractivity contribution >= 4 is 5.91 Å². The van der Waals surface area contributed by atoms with Crippen LogP contribution in [0, 0.1) is 0 Å². The molecule has 0 atom stereocenters. The van der Waals surface area contributed by atoms with E-state index in [0.29, 0.717) is 35.8 Å². The van der Waals surface area contributed by atoms with Gasteiger partial charge in [0.25, 0.3) is 5.91 Å². The third-order valence-electron chi connectivity index (χ3n) is 4.35. The summed E-state index contributed by atoms with van der Waals surface area (Å²) >= 11 is 0. The van der Waals surface area contributed by atoms with Gasteiger partial charge >= 0.3 is 0 Å². The van der Waals surface area contributed by atoms with Gasteiger partial charge in [-0.2, -0.15) is 5.10 Å². The van der Waals surface area contributed by atoms with Crippen molar-refractivity contribution in [3.63, 3.8) is 0 Å². The highest BCUT2D eigenvalue weighted by Crippen LogP contribution is 2.34. The van der Waals surface area contributed by atoms with Crippen molar-refractivity contribution in [2.45, 2.75) is 6.42 Å². The molecular weight excluding hydrogens is 358 g/mol. The summed E-state index contributed by atoms with van der Waals surface area (Å²) in [5.74, 6) is 1.18. The monoisotopic (exact) mass is 381 g/mol. The lowest BCUT2D eigenvalue weighted by Gasteiger charge is -2.14. The van der Waals surface area contributed by atoms with E-state index in [4.69, 9.17) is 14.2 Å². The highest BCUT2D eigenvalue weighted by Gasteiger charge is 2.17. The van der Waals surface area contributed by atoms with Gasteiger partial charge in [0, 0.05) is 31.1 Å². The SMILES string of the molecule is COc1cc(OC)c(C(=O)NCCc2ccc(-n3cccn3)cc2)cc1OC. The minimum atomic E-state index is -0.231. The van der Waals surface area contributed by atoms with E-state index in [0.717, 1.165) is 11.3 Å². The fraction of sp³-hybridized carbons (Fsp3) is 0.238. The quantitative estimate of drug-likeness (QED) is 0.649. The van der Waals surface area contributed by atoms with Crippen LogP contribution in [0.25, 0.3) is 5.69 Å². The molecule has 0 radical (unpaired) electrons. The Labute approximate surface area is 163 Å². The first-order chi connectivity index (χ1) is 13.7. The van der Waals surface area contributed by atoms with Crippen LogP contribution in [-0.4, -0.2) is 43.6 Å². The average molecular weight is 381 g/mol. The maximum atomic E-state index is 12.6. The number of amides is 1. The number of hydrogen-bond donors (Lipinski definition) is 1. The Morgan fingerprint density at radius 3 is 2.29 bits per heavy atom. The normalized spacial score (nSPS) is 10.4. The van der Waals surface area contributed by atoms with Crippen molar-refractivity contribution in [3.05, 3.63) is 66.0 Å². The second kappa shape index (κ2) is 8.94. The summed E-state index contributed by atoms with van der Waals surface area (Å²) in [6, 6.07) is 13.2. The van der Waals surface area contributed by atoms with E-state index >= 15 is 0 Å². The van der Waals surface area contributed by atoms with Gasteiger partial charge in [-0.15, -0.1) is 0 Å². The Kier molecular flexibility index (Phi) is 6.16. The number of ether oxygens (including phenoxy) is 3. The fourth-order valence-electron chi connectivity index (χ4n) is 2.86. The van der Waals surface area contributed by atoms with E-state index in [1.165, 1.54) is 21.3 Å². The van der Waals surface area contributed by atoms with Crippen molar-refractivity contribution in [3.8, 4) is 22.9 Å². The summed E-state index contributed by atoms with van der Waals surface area (Å²) < 4.78 is 17.6. The molecule has 0 aliphatic rings.